The standard InChI is InChI=1S/C15H25F3N2O/c1-9-12(19)7-6-11(14(9,2)3)13(21)20(10-4-5-10)8-15(16,17)18/h9-12H,4-8,19H2,1-3H3. The Morgan fingerprint density at radius 2 is 1.81 bits per heavy atom. The van der Waals surface area contributed by atoms with Gasteiger partial charge in [-0.25, -0.2) is 0 Å². The van der Waals surface area contributed by atoms with E-state index in [9.17, 15) is 18.0 Å². The topological polar surface area (TPSA) is 46.3 Å². The number of hydrogen-bond acceptors (Lipinski definition) is 2. The first-order valence-corrected chi connectivity index (χ1v) is 7.67. The number of rotatable bonds is 3. The lowest BCUT2D eigenvalue weighted by molar-refractivity contribution is -0.169. The number of halogens is 3. The molecule has 3 nitrogen and oxygen atoms in total. The summed E-state index contributed by atoms with van der Waals surface area (Å²) in [7, 11) is 0. The fraction of sp³-hybridized carbons (Fsp3) is 0.933. The Kier molecular flexibility index (Phi) is 4.30. The zero-order chi connectivity index (χ0) is 16.0. The highest BCUT2D eigenvalue weighted by atomic mass is 19.4. The van der Waals surface area contributed by atoms with Crippen LogP contribution in [0.25, 0.3) is 0 Å². The number of nitrogens with zero attached hydrogens (tertiary/aromatic N) is 1. The van der Waals surface area contributed by atoms with Crippen molar-refractivity contribution in [1.29, 1.82) is 0 Å². The van der Waals surface area contributed by atoms with Gasteiger partial charge in [0.15, 0.2) is 0 Å². The summed E-state index contributed by atoms with van der Waals surface area (Å²) in [6.45, 7) is 4.79. The van der Waals surface area contributed by atoms with Crippen LogP contribution in [0.4, 0.5) is 13.2 Å². The monoisotopic (exact) mass is 306 g/mol. The maximum absolute atomic E-state index is 12.7. The first kappa shape index (κ1) is 16.6. The summed E-state index contributed by atoms with van der Waals surface area (Å²) in [4.78, 5) is 13.8. The van der Waals surface area contributed by atoms with Crippen LogP contribution in [0.1, 0.15) is 46.5 Å². The van der Waals surface area contributed by atoms with Gasteiger partial charge >= 0.3 is 6.18 Å². The lowest BCUT2D eigenvalue weighted by Crippen LogP contribution is -2.54. The normalized spacial score (nSPS) is 32.8. The molecule has 2 saturated carbocycles. The Hall–Kier alpha value is -0.780. The van der Waals surface area contributed by atoms with Crippen LogP contribution in [0, 0.1) is 17.3 Å². The minimum atomic E-state index is -4.33. The van der Waals surface area contributed by atoms with Gasteiger partial charge in [-0.3, -0.25) is 4.79 Å². The highest BCUT2D eigenvalue weighted by Gasteiger charge is 2.49. The van der Waals surface area contributed by atoms with E-state index in [1.54, 1.807) is 0 Å². The summed E-state index contributed by atoms with van der Waals surface area (Å²) in [6.07, 6.45) is -1.68. The van der Waals surface area contributed by atoms with Gasteiger partial charge in [-0.05, 0) is 37.0 Å². The summed E-state index contributed by atoms with van der Waals surface area (Å²) < 4.78 is 38.2. The number of hydrogen-bond donors (Lipinski definition) is 1. The molecule has 21 heavy (non-hydrogen) atoms. The van der Waals surface area contributed by atoms with Crippen molar-refractivity contribution in [2.24, 2.45) is 23.0 Å². The third-order valence-corrected chi connectivity index (χ3v) is 5.42. The van der Waals surface area contributed by atoms with Crippen molar-refractivity contribution >= 4 is 5.91 Å². The van der Waals surface area contributed by atoms with E-state index in [1.165, 1.54) is 0 Å². The molecule has 1 amide bonds. The van der Waals surface area contributed by atoms with Crippen LogP contribution in [0.15, 0.2) is 0 Å². The van der Waals surface area contributed by atoms with E-state index in [0.717, 1.165) is 4.90 Å². The molecule has 0 saturated heterocycles. The van der Waals surface area contributed by atoms with Gasteiger partial charge in [-0.2, -0.15) is 13.2 Å². The van der Waals surface area contributed by atoms with Crippen molar-refractivity contribution in [2.45, 2.75) is 64.7 Å². The number of nitrogens with two attached hydrogens (primary N) is 1. The van der Waals surface area contributed by atoms with Gasteiger partial charge in [-0.15, -0.1) is 0 Å². The molecular weight excluding hydrogens is 281 g/mol. The quantitative estimate of drug-likeness (QED) is 0.871. The van der Waals surface area contributed by atoms with Crippen molar-refractivity contribution in [3.05, 3.63) is 0 Å². The zero-order valence-electron chi connectivity index (χ0n) is 12.9. The summed E-state index contributed by atoms with van der Waals surface area (Å²) in [5, 5.41) is 0. The van der Waals surface area contributed by atoms with E-state index in [1.807, 2.05) is 20.8 Å². The van der Waals surface area contributed by atoms with Gasteiger partial charge in [0.1, 0.15) is 6.54 Å². The lowest BCUT2D eigenvalue weighted by Gasteiger charge is -2.47. The molecule has 0 radical (unpaired) electrons. The Bertz CT molecular complexity index is 404. The van der Waals surface area contributed by atoms with Crippen LogP contribution in [0.3, 0.4) is 0 Å². The van der Waals surface area contributed by atoms with Crippen LogP contribution >= 0.6 is 0 Å². The first-order valence-electron chi connectivity index (χ1n) is 7.67. The van der Waals surface area contributed by atoms with Gasteiger partial charge in [0.05, 0.1) is 0 Å². The van der Waals surface area contributed by atoms with Crippen molar-refractivity contribution in [2.75, 3.05) is 6.54 Å². The fourth-order valence-corrected chi connectivity index (χ4v) is 3.46. The molecule has 3 unspecified atom stereocenters. The Morgan fingerprint density at radius 3 is 2.29 bits per heavy atom. The predicted octanol–water partition coefficient (Wildman–Crippen LogP) is 2.94. The van der Waals surface area contributed by atoms with Crippen molar-refractivity contribution in [3.8, 4) is 0 Å². The van der Waals surface area contributed by atoms with Crippen molar-refractivity contribution in [3.63, 3.8) is 0 Å². The summed E-state index contributed by atoms with van der Waals surface area (Å²) in [6, 6.07) is -0.207. The minimum absolute atomic E-state index is 0.0149. The van der Waals surface area contributed by atoms with Gasteiger partial charge in [0, 0.05) is 18.0 Å². The van der Waals surface area contributed by atoms with Crippen LogP contribution in [-0.2, 0) is 4.79 Å². The Labute approximate surface area is 124 Å². The van der Waals surface area contributed by atoms with Gasteiger partial charge < -0.3 is 10.6 Å². The van der Waals surface area contributed by atoms with Gasteiger partial charge in [0.2, 0.25) is 5.91 Å². The molecule has 0 aromatic rings. The molecule has 6 heteroatoms. The van der Waals surface area contributed by atoms with Crippen LogP contribution in [-0.4, -0.2) is 35.6 Å². The van der Waals surface area contributed by atoms with Crippen molar-refractivity contribution < 1.29 is 18.0 Å². The Balaban J connectivity index is 2.16. The molecule has 0 spiro atoms. The maximum Gasteiger partial charge on any atom is 0.406 e. The molecule has 0 heterocycles. The third-order valence-electron chi connectivity index (χ3n) is 5.42. The van der Waals surface area contributed by atoms with E-state index < -0.39 is 12.7 Å². The first-order chi connectivity index (χ1) is 9.54. The Morgan fingerprint density at radius 1 is 1.24 bits per heavy atom. The van der Waals surface area contributed by atoms with E-state index >= 15 is 0 Å². The molecular formula is C15H25F3N2O. The largest absolute Gasteiger partial charge is 0.406 e. The third kappa shape index (κ3) is 3.52. The molecule has 3 atom stereocenters. The molecule has 122 valence electrons. The lowest BCUT2D eigenvalue weighted by atomic mass is 9.60. The number of amides is 1. The van der Waals surface area contributed by atoms with E-state index in [0.29, 0.717) is 25.7 Å². The predicted molar refractivity (Wildman–Crippen MR) is 74.4 cm³/mol. The zero-order valence-corrected chi connectivity index (χ0v) is 12.9. The second kappa shape index (κ2) is 5.45. The summed E-state index contributed by atoms with van der Waals surface area (Å²) in [5.41, 5.74) is 5.69. The van der Waals surface area contributed by atoms with Gasteiger partial charge in [0.25, 0.3) is 0 Å². The van der Waals surface area contributed by atoms with E-state index in [-0.39, 0.29) is 35.2 Å². The molecule has 0 aromatic carbocycles. The van der Waals surface area contributed by atoms with Gasteiger partial charge in [-0.1, -0.05) is 20.8 Å². The molecule has 2 N–H and O–H groups in total. The second-order valence-corrected chi connectivity index (χ2v) is 7.22. The highest BCUT2D eigenvalue weighted by Crippen LogP contribution is 2.46. The number of alkyl halides is 3. The summed E-state index contributed by atoms with van der Waals surface area (Å²) >= 11 is 0. The highest BCUT2D eigenvalue weighted by molar-refractivity contribution is 5.80. The number of carbonyl (C=O) groups is 1. The smallest absolute Gasteiger partial charge is 0.330 e. The van der Waals surface area contributed by atoms with Crippen LogP contribution < -0.4 is 5.73 Å². The van der Waals surface area contributed by atoms with Crippen LogP contribution in [0.5, 0.6) is 0 Å². The average Bonchev–Trinajstić information content (AvgIpc) is 3.15. The maximum atomic E-state index is 12.7. The molecule has 2 fully saturated rings. The van der Waals surface area contributed by atoms with Crippen molar-refractivity contribution in [1.82, 2.24) is 4.90 Å². The number of carbonyl (C=O) groups excluding carboxylic acids is 1. The molecule has 2 aliphatic rings. The fourth-order valence-electron chi connectivity index (χ4n) is 3.46. The minimum Gasteiger partial charge on any atom is -0.330 e. The molecule has 0 aliphatic heterocycles. The second-order valence-electron chi connectivity index (χ2n) is 7.22. The summed E-state index contributed by atoms with van der Waals surface area (Å²) in [5.74, 6) is -0.582. The molecule has 0 bridgehead atoms. The average molecular weight is 306 g/mol. The molecule has 2 rings (SSSR count). The molecule has 2 aliphatic carbocycles. The van der Waals surface area contributed by atoms with E-state index in [2.05, 4.69) is 0 Å². The SMILES string of the molecule is CC1C(N)CCC(C(=O)N(CC(F)(F)F)C2CC2)C1(C)C. The van der Waals surface area contributed by atoms with Crippen LogP contribution in [0.2, 0.25) is 0 Å². The molecule has 0 aromatic heterocycles. The van der Waals surface area contributed by atoms with E-state index in [4.69, 9.17) is 5.73 Å².